The van der Waals surface area contributed by atoms with Crippen molar-refractivity contribution < 1.29 is 4.74 Å². The molecule has 0 aliphatic carbocycles. The van der Waals surface area contributed by atoms with Gasteiger partial charge in [-0.1, -0.05) is 12.1 Å². The highest BCUT2D eigenvalue weighted by atomic mass is 16.5. The molecule has 1 aromatic carbocycles. The number of hydrogen-bond donors (Lipinski definition) is 2. The van der Waals surface area contributed by atoms with Crippen LogP contribution in [0, 0.1) is 6.92 Å². The van der Waals surface area contributed by atoms with E-state index in [1.165, 1.54) is 5.56 Å². The SMILES string of the molecule is Cc1cccc(OCCNC(C)CN)c1. The summed E-state index contributed by atoms with van der Waals surface area (Å²) in [5, 5.41) is 3.27. The van der Waals surface area contributed by atoms with Gasteiger partial charge in [-0.25, -0.2) is 0 Å². The maximum Gasteiger partial charge on any atom is 0.119 e. The van der Waals surface area contributed by atoms with Crippen LogP contribution >= 0.6 is 0 Å². The molecule has 3 heteroatoms. The molecule has 0 aromatic heterocycles. The maximum absolute atomic E-state index is 5.58. The largest absolute Gasteiger partial charge is 0.492 e. The van der Waals surface area contributed by atoms with Crippen molar-refractivity contribution in [2.45, 2.75) is 19.9 Å². The summed E-state index contributed by atoms with van der Waals surface area (Å²) in [5.41, 5.74) is 6.70. The number of rotatable bonds is 6. The Kier molecular flexibility index (Phi) is 5.15. The van der Waals surface area contributed by atoms with E-state index in [1.807, 2.05) is 18.2 Å². The molecule has 84 valence electrons. The van der Waals surface area contributed by atoms with E-state index in [9.17, 15) is 0 Å². The smallest absolute Gasteiger partial charge is 0.119 e. The standard InChI is InChI=1S/C12H20N2O/c1-10-4-3-5-12(8-10)15-7-6-14-11(2)9-13/h3-5,8,11,14H,6-7,9,13H2,1-2H3. The van der Waals surface area contributed by atoms with Gasteiger partial charge >= 0.3 is 0 Å². The fourth-order valence-electron chi connectivity index (χ4n) is 1.26. The van der Waals surface area contributed by atoms with Crippen LogP contribution in [0.1, 0.15) is 12.5 Å². The molecule has 0 saturated carbocycles. The average Bonchev–Trinajstić information content (AvgIpc) is 2.24. The molecule has 0 radical (unpaired) electrons. The molecule has 1 atom stereocenters. The van der Waals surface area contributed by atoms with Crippen molar-refractivity contribution in [2.24, 2.45) is 5.73 Å². The molecule has 0 amide bonds. The molecule has 0 aliphatic heterocycles. The summed E-state index contributed by atoms with van der Waals surface area (Å²) < 4.78 is 5.58. The maximum atomic E-state index is 5.58. The highest BCUT2D eigenvalue weighted by Gasteiger charge is 1.97. The molecule has 1 aromatic rings. The van der Waals surface area contributed by atoms with Crippen LogP contribution in [0.15, 0.2) is 24.3 Å². The molecule has 0 aliphatic rings. The van der Waals surface area contributed by atoms with Gasteiger partial charge in [-0.3, -0.25) is 0 Å². The number of hydrogen-bond acceptors (Lipinski definition) is 3. The monoisotopic (exact) mass is 208 g/mol. The van der Waals surface area contributed by atoms with Crippen LogP contribution < -0.4 is 15.8 Å². The first kappa shape index (κ1) is 12.0. The third-order valence-corrected chi connectivity index (χ3v) is 2.21. The first-order valence-corrected chi connectivity index (χ1v) is 5.35. The number of nitrogens with two attached hydrogens (primary N) is 1. The van der Waals surface area contributed by atoms with Gasteiger partial charge in [0.05, 0.1) is 0 Å². The van der Waals surface area contributed by atoms with E-state index in [0.29, 0.717) is 19.2 Å². The van der Waals surface area contributed by atoms with Gasteiger partial charge in [-0.15, -0.1) is 0 Å². The Morgan fingerprint density at radius 1 is 1.47 bits per heavy atom. The van der Waals surface area contributed by atoms with Crippen LogP contribution in [-0.2, 0) is 0 Å². The molecule has 1 rings (SSSR count). The summed E-state index contributed by atoms with van der Waals surface area (Å²) in [5.74, 6) is 0.928. The second-order valence-corrected chi connectivity index (χ2v) is 3.76. The Morgan fingerprint density at radius 3 is 2.93 bits per heavy atom. The first-order chi connectivity index (χ1) is 7.22. The zero-order valence-corrected chi connectivity index (χ0v) is 9.49. The van der Waals surface area contributed by atoms with Gasteiger partial charge in [0.15, 0.2) is 0 Å². The van der Waals surface area contributed by atoms with E-state index in [2.05, 4.69) is 25.2 Å². The Bertz CT molecular complexity index is 289. The van der Waals surface area contributed by atoms with Crippen LogP contribution in [0.2, 0.25) is 0 Å². The van der Waals surface area contributed by atoms with Gasteiger partial charge in [-0.2, -0.15) is 0 Å². The van der Waals surface area contributed by atoms with Gasteiger partial charge in [0.1, 0.15) is 12.4 Å². The Morgan fingerprint density at radius 2 is 2.27 bits per heavy atom. The number of aryl methyl sites for hydroxylation is 1. The van der Waals surface area contributed by atoms with Crippen molar-refractivity contribution in [3.05, 3.63) is 29.8 Å². The normalized spacial score (nSPS) is 12.5. The topological polar surface area (TPSA) is 47.3 Å². The minimum absolute atomic E-state index is 0.353. The summed E-state index contributed by atoms with van der Waals surface area (Å²) in [6.45, 7) is 6.28. The molecule has 0 heterocycles. The second-order valence-electron chi connectivity index (χ2n) is 3.76. The van der Waals surface area contributed by atoms with E-state index < -0.39 is 0 Å². The number of benzene rings is 1. The van der Waals surface area contributed by atoms with Gasteiger partial charge in [-0.05, 0) is 31.5 Å². The molecular weight excluding hydrogens is 188 g/mol. The Labute approximate surface area is 91.6 Å². The lowest BCUT2D eigenvalue weighted by Crippen LogP contribution is -2.35. The zero-order valence-electron chi connectivity index (χ0n) is 9.49. The van der Waals surface area contributed by atoms with Gasteiger partial charge in [0.2, 0.25) is 0 Å². The molecule has 0 bridgehead atoms. The van der Waals surface area contributed by atoms with Gasteiger partial charge in [0.25, 0.3) is 0 Å². The van der Waals surface area contributed by atoms with Crippen molar-refractivity contribution in [3.8, 4) is 5.75 Å². The molecular formula is C12H20N2O. The van der Waals surface area contributed by atoms with Crippen molar-refractivity contribution in [1.82, 2.24) is 5.32 Å². The zero-order chi connectivity index (χ0) is 11.1. The van der Waals surface area contributed by atoms with Gasteiger partial charge < -0.3 is 15.8 Å². The molecule has 0 saturated heterocycles. The van der Waals surface area contributed by atoms with Crippen LogP contribution in [0.25, 0.3) is 0 Å². The summed E-state index contributed by atoms with van der Waals surface area (Å²) >= 11 is 0. The fourth-order valence-corrected chi connectivity index (χ4v) is 1.26. The third kappa shape index (κ3) is 4.81. The molecule has 3 nitrogen and oxygen atoms in total. The van der Waals surface area contributed by atoms with Crippen molar-refractivity contribution in [3.63, 3.8) is 0 Å². The van der Waals surface area contributed by atoms with E-state index in [0.717, 1.165) is 12.3 Å². The summed E-state index contributed by atoms with van der Waals surface area (Å²) in [7, 11) is 0. The fraction of sp³-hybridized carbons (Fsp3) is 0.500. The molecule has 0 spiro atoms. The van der Waals surface area contributed by atoms with Crippen molar-refractivity contribution in [2.75, 3.05) is 19.7 Å². The predicted molar refractivity (Wildman–Crippen MR) is 63.2 cm³/mol. The van der Waals surface area contributed by atoms with E-state index in [4.69, 9.17) is 10.5 Å². The summed E-state index contributed by atoms with van der Waals surface area (Å²) in [4.78, 5) is 0. The third-order valence-electron chi connectivity index (χ3n) is 2.21. The van der Waals surface area contributed by atoms with Crippen molar-refractivity contribution >= 4 is 0 Å². The van der Waals surface area contributed by atoms with Crippen LogP contribution in [0.3, 0.4) is 0 Å². The van der Waals surface area contributed by atoms with Crippen molar-refractivity contribution in [1.29, 1.82) is 0 Å². The molecule has 3 N–H and O–H groups in total. The lowest BCUT2D eigenvalue weighted by atomic mass is 10.2. The molecule has 15 heavy (non-hydrogen) atoms. The van der Waals surface area contributed by atoms with E-state index >= 15 is 0 Å². The van der Waals surface area contributed by atoms with E-state index in [-0.39, 0.29) is 0 Å². The van der Waals surface area contributed by atoms with Crippen LogP contribution in [0.4, 0.5) is 0 Å². The van der Waals surface area contributed by atoms with Crippen LogP contribution in [-0.4, -0.2) is 25.7 Å². The lowest BCUT2D eigenvalue weighted by molar-refractivity contribution is 0.307. The predicted octanol–water partition coefficient (Wildman–Crippen LogP) is 1.31. The minimum Gasteiger partial charge on any atom is -0.492 e. The highest BCUT2D eigenvalue weighted by Crippen LogP contribution is 2.11. The minimum atomic E-state index is 0.353. The number of nitrogens with one attached hydrogen (secondary N) is 1. The second kappa shape index (κ2) is 6.43. The average molecular weight is 208 g/mol. The highest BCUT2D eigenvalue weighted by molar-refractivity contribution is 5.27. The quantitative estimate of drug-likeness (QED) is 0.693. The van der Waals surface area contributed by atoms with Crippen LogP contribution in [0.5, 0.6) is 5.75 Å². The first-order valence-electron chi connectivity index (χ1n) is 5.35. The Hall–Kier alpha value is -1.06. The summed E-state index contributed by atoms with van der Waals surface area (Å²) in [6.07, 6.45) is 0. The Balaban J connectivity index is 2.20. The molecule has 1 unspecified atom stereocenters. The lowest BCUT2D eigenvalue weighted by Gasteiger charge is -2.12. The summed E-state index contributed by atoms with van der Waals surface area (Å²) in [6, 6.07) is 8.42. The molecule has 0 fully saturated rings. The van der Waals surface area contributed by atoms with Gasteiger partial charge in [0, 0.05) is 19.1 Å². The number of ether oxygens (including phenoxy) is 1. The van der Waals surface area contributed by atoms with E-state index in [1.54, 1.807) is 0 Å².